The SMILES string of the molecule is N#CCC(=O)Nc1ccc2c(c1)CC(O)C2. The fourth-order valence-electron chi connectivity index (χ4n) is 1.95. The summed E-state index contributed by atoms with van der Waals surface area (Å²) in [4.78, 5) is 11.2. The average molecular weight is 216 g/mol. The summed E-state index contributed by atoms with van der Waals surface area (Å²) in [7, 11) is 0. The van der Waals surface area contributed by atoms with Crippen LogP contribution in [0.5, 0.6) is 0 Å². The molecule has 0 bridgehead atoms. The lowest BCUT2D eigenvalue weighted by Gasteiger charge is -2.05. The van der Waals surface area contributed by atoms with E-state index in [9.17, 15) is 9.90 Å². The molecule has 0 aliphatic heterocycles. The van der Waals surface area contributed by atoms with E-state index in [0.717, 1.165) is 11.1 Å². The van der Waals surface area contributed by atoms with Crippen molar-refractivity contribution in [1.82, 2.24) is 0 Å². The number of carbonyl (C=O) groups is 1. The summed E-state index contributed by atoms with van der Waals surface area (Å²) < 4.78 is 0. The van der Waals surface area contributed by atoms with Gasteiger partial charge in [0.15, 0.2) is 0 Å². The molecule has 0 saturated carbocycles. The number of rotatable bonds is 2. The van der Waals surface area contributed by atoms with E-state index < -0.39 is 0 Å². The molecule has 0 fully saturated rings. The first-order valence-electron chi connectivity index (χ1n) is 5.15. The summed E-state index contributed by atoms with van der Waals surface area (Å²) in [6.07, 6.45) is 0.874. The number of hydrogen-bond acceptors (Lipinski definition) is 3. The van der Waals surface area contributed by atoms with Gasteiger partial charge in [0.2, 0.25) is 5.91 Å². The number of aliphatic hydroxyl groups excluding tert-OH is 1. The van der Waals surface area contributed by atoms with Crippen molar-refractivity contribution in [2.45, 2.75) is 25.4 Å². The summed E-state index contributed by atoms with van der Waals surface area (Å²) in [5.41, 5.74) is 2.89. The first kappa shape index (κ1) is 10.7. The van der Waals surface area contributed by atoms with Crippen LogP contribution in [0.15, 0.2) is 18.2 Å². The van der Waals surface area contributed by atoms with E-state index in [-0.39, 0.29) is 18.4 Å². The van der Waals surface area contributed by atoms with Crippen LogP contribution in [0.25, 0.3) is 0 Å². The number of amides is 1. The third-order valence-corrected chi connectivity index (χ3v) is 2.64. The van der Waals surface area contributed by atoms with Crippen LogP contribution in [0.3, 0.4) is 0 Å². The Balaban J connectivity index is 2.11. The molecule has 1 aliphatic carbocycles. The highest BCUT2D eigenvalue weighted by Crippen LogP contribution is 2.25. The van der Waals surface area contributed by atoms with Crippen molar-refractivity contribution >= 4 is 11.6 Å². The summed E-state index contributed by atoms with van der Waals surface area (Å²) >= 11 is 0. The number of nitriles is 1. The van der Waals surface area contributed by atoms with Crippen molar-refractivity contribution in [2.75, 3.05) is 5.32 Å². The van der Waals surface area contributed by atoms with Gasteiger partial charge in [0.1, 0.15) is 6.42 Å². The minimum Gasteiger partial charge on any atom is -0.392 e. The summed E-state index contributed by atoms with van der Waals surface area (Å²) in [5, 5.41) is 20.5. The Labute approximate surface area is 93.5 Å². The lowest BCUT2D eigenvalue weighted by molar-refractivity contribution is -0.115. The number of nitrogens with one attached hydrogen (secondary N) is 1. The molecule has 2 N–H and O–H groups in total. The molecule has 1 aromatic carbocycles. The molecule has 1 atom stereocenters. The number of hydrogen-bond donors (Lipinski definition) is 2. The molecule has 0 aromatic heterocycles. The van der Waals surface area contributed by atoms with Gasteiger partial charge < -0.3 is 10.4 Å². The molecule has 4 nitrogen and oxygen atoms in total. The minimum absolute atomic E-state index is 0.139. The van der Waals surface area contributed by atoms with Crippen LogP contribution in [0.1, 0.15) is 17.5 Å². The highest BCUT2D eigenvalue weighted by Gasteiger charge is 2.19. The Kier molecular flexibility index (Phi) is 2.88. The topological polar surface area (TPSA) is 73.1 Å². The molecule has 2 rings (SSSR count). The molecule has 0 radical (unpaired) electrons. The Hall–Kier alpha value is -1.86. The van der Waals surface area contributed by atoms with Gasteiger partial charge in [0.05, 0.1) is 12.2 Å². The molecule has 0 spiro atoms. The standard InChI is InChI=1S/C12H12N2O2/c13-4-3-12(16)14-10-2-1-8-6-11(15)7-9(8)5-10/h1-2,5,11,15H,3,6-7H2,(H,14,16). The van der Waals surface area contributed by atoms with Gasteiger partial charge in [-0.15, -0.1) is 0 Å². The maximum Gasteiger partial charge on any atom is 0.238 e. The van der Waals surface area contributed by atoms with Gasteiger partial charge in [-0.05, 0) is 36.1 Å². The summed E-state index contributed by atoms with van der Waals surface area (Å²) in [5.74, 6) is -0.305. The number of aliphatic hydroxyl groups is 1. The quantitative estimate of drug-likeness (QED) is 0.774. The second-order valence-corrected chi connectivity index (χ2v) is 3.93. The first-order chi connectivity index (χ1) is 7.69. The number of anilines is 1. The monoisotopic (exact) mass is 216 g/mol. The fourth-order valence-corrected chi connectivity index (χ4v) is 1.95. The number of fused-ring (bicyclic) bond motifs is 1. The summed E-state index contributed by atoms with van der Waals surface area (Å²) in [6, 6.07) is 7.37. The predicted molar refractivity (Wildman–Crippen MR) is 58.7 cm³/mol. The van der Waals surface area contributed by atoms with E-state index in [4.69, 9.17) is 5.26 Å². The zero-order valence-corrected chi connectivity index (χ0v) is 8.73. The van der Waals surface area contributed by atoms with E-state index in [0.29, 0.717) is 18.5 Å². The highest BCUT2D eigenvalue weighted by molar-refractivity contribution is 5.92. The molecule has 1 aliphatic rings. The van der Waals surface area contributed by atoms with E-state index >= 15 is 0 Å². The molecule has 0 saturated heterocycles. The summed E-state index contributed by atoms with van der Waals surface area (Å²) in [6.45, 7) is 0. The zero-order chi connectivity index (χ0) is 11.5. The Morgan fingerprint density at radius 2 is 2.25 bits per heavy atom. The second kappa shape index (κ2) is 4.33. The Morgan fingerprint density at radius 3 is 3.00 bits per heavy atom. The maximum absolute atomic E-state index is 11.2. The van der Waals surface area contributed by atoms with Crippen LogP contribution in [0.4, 0.5) is 5.69 Å². The van der Waals surface area contributed by atoms with Crippen LogP contribution in [0.2, 0.25) is 0 Å². The molecular formula is C12H12N2O2. The molecule has 0 heterocycles. The van der Waals surface area contributed by atoms with E-state index in [1.165, 1.54) is 0 Å². The fraction of sp³-hybridized carbons (Fsp3) is 0.333. The van der Waals surface area contributed by atoms with Gasteiger partial charge in [-0.1, -0.05) is 6.07 Å². The van der Waals surface area contributed by atoms with Gasteiger partial charge in [-0.25, -0.2) is 0 Å². The third-order valence-electron chi connectivity index (χ3n) is 2.64. The van der Waals surface area contributed by atoms with Crippen LogP contribution in [0, 0.1) is 11.3 Å². The predicted octanol–water partition coefficient (Wildman–Crippen LogP) is 0.998. The molecule has 1 amide bonds. The largest absolute Gasteiger partial charge is 0.392 e. The normalized spacial score (nSPS) is 17.6. The van der Waals surface area contributed by atoms with Gasteiger partial charge in [0, 0.05) is 5.69 Å². The molecule has 82 valence electrons. The smallest absolute Gasteiger partial charge is 0.238 e. The van der Waals surface area contributed by atoms with Gasteiger partial charge in [-0.2, -0.15) is 5.26 Å². The Bertz CT molecular complexity index is 463. The number of nitrogens with zero attached hydrogens (tertiary/aromatic N) is 1. The van der Waals surface area contributed by atoms with Gasteiger partial charge >= 0.3 is 0 Å². The lowest BCUT2D eigenvalue weighted by atomic mass is 10.1. The van der Waals surface area contributed by atoms with Crippen molar-refractivity contribution in [1.29, 1.82) is 5.26 Å². The third kappa shape index (κ3) is 2.20. The molecule has 1 unspecified atom stereocenters. The molecular weight excluding hydrogens is 204 g/mol. The maximum atomic E-state index is 11.2. The second-order valence-electron chi connectivity index (χ2n) is 3.93. The van der Waals surface area contributed by atoms with Crippen LogP contribution in [-0.4, -0.2) is 17.1 Å². The Morgan fingerprint density at radius 1 is 1.50 bits per heavy atom. The van der Waals surface area contributed by atoms with Crippen molar-refractivity contribution < 1.29 is 9.90 Å². The van der Waals surface area contributed by atoms with Gasteiger partial charge in [0.25, 0.3) is 0 Å². The van der Waals surface area contributed by atoms with Crippen molar-refractivity contribution in [3.8, 4) is 6.07 Å². The van der Waals surface area contributed by atoms with Crippen LogP contribution < -0.4 is 5.32 Å². The first-order valence-corrected chi connectivity index (χ1v) is 5.15. The van der Waals surface area contributed by atoms with Crippen molar-refractivity contribution in [3.63, 3.8) is 0 Å². The van der Waals surface area contributed by atoms with Crippen LogP contribution in [-0.2, 0) is 17.6 Å². The van der Waals surface area contributed by atoms with Gasteiger partial charge in [-0.3, -0.25) is 4.79 Å². The highest BCUT2D eigenvalue weighted by atomic mass is 16.3. The number of benzene rings is 1. The van der Waals surface area contributed by atoms with E-state index in [2.05, 4.69) is 5.32 Å². The average Bonchev–Trinajstić information content (AvgIpc) is 2.57. The molecule has 16 heavy (non-hydrogen) atoms. The molecule has 1 aromatic rings. The molecule has 4 heteroatoms. The van der Waals surface area contributed by atoms with E-state index in [1.54, 1.807) is 12.1 Å². The number of carbonyl (C=O) groups excluding carboxylic acids is 1. The van der Waals surface area contributed by atoms with Crippen molar-refractivity contribution in [2.24, 2.45) is 0 Å². The van der Waals surface area contributed by atoms with Crippen LogP contribution >= 0.6 is 0 Å². The lowest BCUT2D eigenvalue weighted by Crippen LogP contribution is -2.10. The van der Waals surface area contributed by atoms with Crippen molar-refractivity contribution in [3.05, 3.63) is 29.3 Å². The zero-order valence-electron chi connectivity index (χ0n) is 8.73. The van der Waals surface area contributed by atoms with E-state index in [1.807, 2.05) is 12.1 Å². The minimum atomic E-state index is -0.305.